The first kappa shape index (κ1) is 64.6. The van der Waals surface area contributed by atoms with Crippen LogP contribution in [0.3, 0.4) is 0 Å². The molecule has 0 spiro atoms. The number of esters is 6. The molecule has 0 aromatic carbocycles. The van der Waals surface area contributed by atoms with Gasteiger partial charge in [0.2, 0.25) is 0 Å². The number of thioether (sulfide) groups is 1. The predicted octanol–water partition coefficient (Wildman–Crippen LogP) is 11.1. The van der Waals surface area contributed by atoms with E-state index in [2.05, 4.69) is 27.7 Å². The Hall–Kier alpha value is -3.40. The quantitative estimate of drug-likeness (QED) is 0.0319. The summed E-state index contributed by atoms with van der Waals surface area (Å²) in [5.41, 5.74) is 0. The van der Waals surface area contributed by atoms with Crippen LogP contribution in [0.1, 0.15) is 214 Å². The molecule has 1 amide bonds. The highest BCUT2D eigenvalue weighted by atomic mass is 32.2. The molecule has 0 heterocycles. The lowest BCUT2D eigenvalue weighted by molar-refractivity contribution is -0.169. The second kappa shape index (κ2) is 46.0. The third kappa shape index (κ3) is 41.6. The van der Waals surface area contributed by atoms with E-state index in [1.54, 1.807) is 0 Å². The van der Waals surface area contributed by atoms with Crippen LogP contribution >= 0.6 is 11.8 Å². The minimum atomic E-state index is -1.16. The molecular formula is C52H94N2O13S. The third-order valence-electron chi connectivity index (χ3n) is 11.1. The molecular weight excluding hydrogens is 893 g/mol. The van der Waals surface area contributed by atoms with Crippen molar-refractivity contribution in [2.75, 3.05) is 65.9 Å². The van der Waals surface area contributed by atoms with Gasteiger partial charge < -0.3 is 38.2 Å². The fraction of sp³-hybridized carbons (Fsp3) is 0.865. The van der Waals surface area contributed by atoms with Crippen molar-refractivity contribution < 1.29 is 62.0 Å². The summed E-state index contributed by atoms with van der Waals surface area (Å²) in [6.07, 6.45) is 22.8. The van der Waals surface area contributed by atoms with Gasteiger partial charge in [0, 0.05) is 31.4 Å². The van der Waals surface area contributed by atoms with Crippen molar-refractivity contribution in [3.63, 3.8) is 0 Å². The number of ether oxygens (including phenoxy) is 6. The first-order valence-corrected chi connectivity index (χ1v) is 27.4. The van der Waals surface area contributed by atoms with E-state index in [9.17, 15) is 33.6 Å². The Morgan fingerprint density at radius 1 is 0.382 bits per heavy atom. The largest absolute Gasteiger partial charge is 0.462 e. The zero-order valence-electron chi connectivity index (χ0n) is 43.4. The van der Waals surface area contributed by atoms with Crippen molar-refractivity contribution in [2.45, 2.75) is 226 Å². The van der Waals surface area contributed by atoms with Crippen molar-refractivity contribution in [3.05, 3.63) is 0 Å². The number of carbonyl (C=O) groups is 7. The molecule has 0 aromatic heterocycles. The SMILES string of the molecule is CCCCCCCCC(=O)OCC(COC(=O)CCCCCCCC)OC(=O)CN(CC(=O)OC(COC(=O)CCCCCCCC)COC(=O)CCCCCCCC)C(=O)SCCCN(C)C. The summed E-state index contributed by atoms with van der Waals surface area (Å²) in [5, 5.41) is -0.586. The van der Waals surface area contributed by atoms with Crippen LogP contribution < -0.4 is 0 Å². The number of nitrogens with zero attached hydrogens (tertiary/aromatic N) is 2. The van der Waals surface area contributed by atoms with E-state index in [4.69, 9.17) is 28.4 Å². The topological polar surface area (TPSA) is 181 Å². The van der Waals surface area contributed by atoms with Crippen LogP contribution in [0.15, 0.2) is 0 Å². The summed E-state index contributed by atoms with van der Waals surface area (Å²) in [6, 6.07) is 0. The Bertz CT molecular complexity index is 1190. The molecule has 0 unspecified atom stereocenters. The highest BCUT2D eigenvalue weighted by molar-refractivity contribution is 8.13. The number of hydrogen-bond donors (Lipinski definition) is 0. The summed E-state index contributed by atoms with van der Waals surface area (Å²) in [6.45, 7) is 6.45. The average molecular weight is 987 g/mol. The molecule has 396 valence electrons. The second-order valence-electron chi connectivity index (χ2n) is 18.2. The van der Waals surface area contributed by atoms with Crippen LogP contribution in [0, 0.1) is 0 Å². The number of rotatable bonds is 46. The lowest BCUT2D eigenvalue weighted by atomic mass is 10.1. The van der Waals surface area contributed by atoms with E-state index in [0.717, 1.165) is 145 Å². The van der Waals surface area contributed by atoms with E-state index in [0.29, 0.717) is 44.4 Å². The Morgan fingerprint density at radius 3 is 0.941 bits per heavy atom. The zero-order valence-corrected chi connectivity index (χ0v) is 44.2. The molecule has 0 aliphatic heterocycles. The number of hydrogen-bond acceptors (Lipinski definition) is 15. The van der Waals surface area contributed by atoms with E-state index < -0.39 is 66.4 Å². The summed E-state index contributed by atoms with van der Waals surface area (Å²) in [4.78, 5) is 94.4. The van der Waals surface area contributed by atoms with Crippen LogP contribution in [0.25, 0.3) is 0 Å². The molecule has 0 rings (SSSR count). The zero-order chi connectivity index (χ0) is 50.5. The Kier molecular flexibility index (Phi) is 43.7. The predicted molar refractivity (Wildman–Crippen MR) is 268 cm³/mol. The molecule has 0 aliphatic carbocycles. The first-order valence-electron chi connectivity index (χ1n) is 26.4. The molecule has 0 radical (unpaired) electrons. The monoisotopic (exact) mass is 987 g/mol. The molecule has 0 saturated carbocycles. The fourth-order valence-corrected chi connectivity index (χ4v) is 7.80. The molecule has 0 fully saturated rings. The smallest absolute Gasteiger partial charge is 0.326 e. The van der Waals surface area contributed by atoms with Gasteiger partial charge in [0.05, 0.1) is 0 Å². The number of unbranched alkanes of at least 4 members (excludes halogenated alkanes) is 20. The molecule has 0 aromatic rings. The Labute approximate surface area is 415 Å². The lowest BCUT2D eigenvalue weighted by Crippen LogP contribution is -2.42. The van der Waals surface area contributed by atoms with Gasteiger partial charge in [-0.3, -0.25) is 33.6 Å². The van der Waals surface area contributed by atoms with Gasteiger partial charge in [0.1, 0.15) is 39.5 Å². The van der Waals surface area contributed by atoms with Gasteiger partial charge in [-0.15, -0.1) is 0 Å². The minimum absolute atomic E-state index is 0.192. The van der Waals surface area contributed by atoms with Crippen LogP contribution in [0.5, 0.6) is 0 Å². The number of carbonyl (C=O) groups excluding carboxylic acids is 7. The molecule has 68 heavy (non-hydrogen) atoms. The van der Waals surface area contributed by atoms with E-state index in [-0.39, 0.29) is 52.1 Å². The van der Waals surface area contributed by atoms with E-state index >= 15 is 0 Å². The van der Waals surface area contributed by atoms with Crippen molar-refractivity contribution in [1.82, 2.24) is 9.80 Å². The maximum absolute atomic E-state index is 13.6. The van der Waals surface area contributed by atoms with Gasteiger partial charge in [-0.25, -0.2) is 0 Å². The van der Waals surface area contributed by atoms with Gasteiger partial charge in [-0.05, 0) is 52.7 Å². The van der Waals surface area contributed by atoms with E-state index in [1.807, 2.05) is 19.0 Å². The summed E-state index contributed by atoms with van der Waals surface area (Å²) in [7, 11) is 3.82. The van der Waals surface area contributed by atoms with Crippen molar-refractivity contribution in [3.8, 4) is 0 Å². The molecule has 16 heteroatoms. The minimum Gasteiger partial charge on any atom is -0.462 e. The van der Waals surface area contributed by atoms with Gasteiger partial charge in [-0.2, -0.15) is 0 Å². The standard InChI is InChI=1S/C52H94N2O13S/c1-7-11-15-19-23-27-32-46(55)62-40-44(41-63-47(56)33-28-24-20-16-12-8-2)66-50(59)38-54(52(61)68-37-31-36-53(5)6)39-51(60)67-45(42-64-48(57)34-29-25-21-17-13-9-3)43-65-49(58)35-30-26-22-18-14-10-4/h44-45H,7-43H2,1-6H3. The van der Waals surface area contributed by atoms with Crippen molar-refractivity contribution in [2.24, 2.45) is 0 Å². The Balaban J connectivity index is 5.95. The molecule has 0 N–H and O–H groups in total. The summed E-state index contributed by atoms with van der Waals surface area (Å²) < 4.78 is 33.2. The normalized spacial score (nSPS) is 11.2. The second-order valence-corrected chi connectivity index (χ2v) is 19.2. The molecule has 0 saturated heterocycles. The molecule has 0 bridgehead atoms. The lowest BCUT2D eigenvalue weighted by Gasteiger charge is -2.24. The van der Waals surface area contributed by atoms with Crippen LogP contribution in [-0.2, 0) is 57.2 Å². The average Bonchev–Trinajstić information content (AvgIpc) is 3.31. The van der Waals surface area contributed by atoms with Gasteiger partial charge in [0.15, 0.2) is 12.2 Å². The highest BCUT2D eigenvalue weighted by Crippen LogP contribution is 2.15. The van der Waals surface area contributed by atoms with Crippen LogP contribution in [0.2, 0.25) is 0 Å². The third-order valence-corrected chi connectivity index (χ3v) is 12.1. The fourth-order valence-electron chi connectivity index (χ4n) is 7.04. The highest BCUT2D eigenvalue weighted by Gasteiger charge is 2.28. The van der Waals surface area contributed by atoms with Gasteiger partial charge in [0.25, 0.3) is 5.24 Å². The van der Waals surface area contributed by atoms with Gasteiger partial charge >= 0.3 is 35.8 Å². The van der Waals surface area contributed by atoms with Crippen LogP contribution in [0.4, 0.5) is 4.79 Å². The van der Waals surface area contributed by atoms with Crippen LogP contribution in [-0.4, -0.2) is 129 Å². The maximum Gasteiger partial charge on any atom is 0.326 e. The molecule has 15 nitrogen and oxygen atoms in total. The summed E-state index contributed by atoms with van der Waals surface area (Å²) in [5.74, 6) is -3.32. The molecule has 0 aliphatic rings. The summed E-state index contributed by atoms with van der Waals surface area (Å²) >= 11 is 0.927. The van der Waals surface area contributed by atoms with Crippen molar-refractivity contribution >= 4 is 52.8 Å². The van der Waals surface area contributed by atoms with Gasteiger partial charge in [-0.1, -0.05) is 168 Å². The Morgan fingerprint density at radius 2 is 0.662 bits per heavy atom. The maximum atomic E-state index is 13.6. The number of amides is 1. The van der Waals surface area contributed by atoms with Crippen molar-refractivity contribution in [1.29, 1.82) is 0 Å². The first-order chi connectivity index (χ1) is 32.8. The molecule has 0 atom stereocenters. The van der Waals surface area contributed by atoms with E-state index in [1.165, 1.54) is 0 Å².